The molecule has 5 nitrogen and oxygen atoms in total. The molecule has 0 bridgehead atoms. The molecular weight excluding hydrogens is 404 g/mol. The summed E-state index contributed by atoms with van der Waals surface area (Å²) in [4.78, 5) is 12.9. The Morgan fingerprint density at radius 3 is 2.22 bits per heavy atom. The third kappa shape index (κ3) is 4.88. The van der Waals surface area contributed by atoms with Crippen LogP contribution in [-0.4, -0.2) is 15.3 Å². The van der Waals surface area contributed by atoms with Crippen LogP contribution in [0.15, 0.2) is 56.8 Å². The summed E-state index contributed by atoms with van der Waals surface area (Å²) >= 11 is 0. The molecule has 0 aliphatic carbocycles. The highest BCUT2D eigenvalue weighted by Gasteiger charge is 2.18. The van der Waals surface area contributed by atoms with Crippen molar-refractivity contribution in [1.82, 2.24) is 0 Å². The van der Waals surface area contributed by atoms with E-state index in [1.807, 2.05) is 13.0 Å². The largest absolute Gasteiger partial charge is 0.507 e. The van der Waals surface area contributed by atoms with Crippen LogP contribution in [-0.2, 0) is 6.42 Å². The molecular formula is C27H30O5. The van der Waals surface area contributed by atoms with Crippen LogP contribution < -0.4 is 5.43 Å². The molecule has 3 N–H and O–H groups in total. The Hall–Kier alpha value is -3.47. The number of benzene rings is 2. The summed E-state index contributed by atoms with van der Waals surface area (Å²) in [5, 5.41) is 31.3. The maximum Gasteiger partial charge on any atom is 0.197 e. The van der Waals surface area contributed by atoms with Crippen molar-refractivity contribution >= 4 is 11.0 Å². The molecule has 3 aromatic rings. The van der Waals surface area contributed by atoms with Gasteiger partial charge in [0.15, 0.2) is 5.43 Å². The lowest BCUT2D eigenvalue weighted by Gasteiger charge is -2.11. The molecule has 0 fully saturated rings. The highest BCUT2D eigenvalue weighted by Crippen LogP contribution is 2.37. The van der Waals surface area contributed by atoms with Gasteiger partial charge in [0.25, 0.3) is 0 Å². The first-order valence-corrected chi connectivity index (χ1v) is 10.7. The second-order valence-electron chi connectivity index (χ2n) is 8.60. The highest BCUT2D eigenvalue weighted by atomic mass is 16.3. The summed E-state index contributed by atoms with van der Waals surface area (Å²) in [6, 6.07) is 6.16. The van der Waals surface area contributed by atoms with Gasteiger partial charge < -0.3 is 19.7 Å². The normalized spacial score (nSPS) is 11.7. The molecule has 3 rings (SSSR count). The van der Waals surface area contributed by atoms with E-state index < -0.39 is 5.43 Å². The van der Waals surface area contributed by atoms with Gasteiger partial charge in [-0.2, -0.15) is 0 Å². The number of hydrogen-bond acceptors (Lipinski definition) is 5. The van der Waals surface area contributed by atoms with E-state index in [0.29, 0.717) is 34.4 Å². The van der Waals surface area contributed by atoms with Crippen LogP contribution in [0.3, 0.4) is 0 Å². The fraction of sp³-hybridized carbons (Fsp3) is 0.296. The van der Waals surface area contributed by atoms with E-state index in [1.165, 1.54) is 17.7 Å². The molecule has 0 saturated carbocycles. The smallest absolute Gasteiger partial charge is 0.197 e. The van der Waals surface area contributed by atoms with Crippen LogP contribution in [0.1, 0.15) is 50.3 Å². The van der Waals surface area contributed by atoms with Crippen LogP contribution in [0.25, 0.3) is 22.3 Å². The van der Waals surface area contributed by atoms with E-state index in [1.54, 1.807) is 26.0 Å². The van der Waals surface area contributed by atoms with Crippen LogP contribution in [0, 0.1) is 13.8 Å². The monoisotopic (exact) mass is 434 g/mol. The lowest BCUT2D eigenvalue weighted by molar-refractivity contribution is 0.443. The number of aryl methyl sites for hydroxylation is 2. The average molecular weight is 435 g/mol. The van der Waals surface area contributed by atoms with E-state index in [4.69, 9.17) is 4.42 Å². The first-order chi connectivity index (χ1) is 15.1. The molecule has 0 spiro atoms. The summed E-state index contributed by atoms with van der Waals surface area (Å²) in [5.74, 6) is 0.115. The van der Waals surface area contributed by atoms with Gasteiger partial charge in [0.2, 0.25) is 0 Å². The average Bonchev–Trinajstić information content (AvgIpc) is 2.70. The molecule has 0 radical (unpaired) electrons. The standard InChI is InChI=1S/C27H30O5/c1-15(2)7-6-8-16(3)9-10-20-21(28)13-24-25(27(20)31)22(29)14-23(32-24)19-11-17(4)26(30)18(5)12-19/h7,9,11-14,28,30-31H,6,8,10H2,1-5H3/b16-9+. The molecule has 0 saturated heterocycles. The van der Waals surface area contributed by atoms with Gasteiger partial charge in [-0.25, -0.2) is 0 Å². The van der Waals surface area contributed by atoms with Crippen molar-refractivity contribution in [1.29, 1.82) is 0 Å². The van der Waals surface area contributed by atoms with Gasteiger partial charge in [-0.3, -0.25) is 4.79 Å². The Morgan fingerprint density at radius 1 is 0.938 bits per heavy atom. The molecule has 0 aliphatic heterocycles. The third-order valence-electron chi connectivity index (χ3n) is 5.60. The van der Waals surface area contributed by atoms with E-state index in [0.717, 1.165) is 18.4 Å². The van der Waals surface area contributed by atoms with E-state index >= 15 is 0 Å². The fourth-order valence-electron chi connectivity index (χ4n) is 3.74. The van der Waals surface area contributed by atoms with Crippen molar-refractivity contribution in [2.75, 3.05) is 0 Å². The van der Waals surface area contributed by atoms with Crippen molar-refractivity contribution in [2.24, 2.45) is 0 Å². The lowest BCUT2D eigenvalue weighted by atomic mass is 10.0. The minimum Gasteiger partial charge on any atom is -0.507 e. The van der Waals surface area contributed by atoms with Gasteiger partial charge in [0, 0.05) is 23.3 Å². The summed E-state index contributed by atoms with van der Waals surface area (Å²) in [6.07, 6.45) is 6.26. The highest BCUT2D eigenvalue weighted by molar-refractivity contribution is 5.88. The zero-order chi connectivity index (χ0) is 23.6. The number of aromatic hydroxyl groups is 3. The second-order valence-corrected chi connectivity index (χ2v) is 8.60. The third-order valence-corrected chi connectivity index (χ3v) is 5.60. The van der Waals surface area contributed by atoms with Crippen LogP contribution in [0.4, 0.5) is 0 Å². The lowest BCUT2D eigenvalue weighted by Crippen LogP contribution is -2.02. The summed E-state index contributed by atoms with van der Waals surface area (Å²) in [7, 11) is 0. The molecule has 0 aliphatic rings. The van der Waals surface area contributed by atoms with Gasteiger partial charge in [-0.1, -0.05) is 23.3 Å². The van der Waals surface area contributed by atoms with E-state index in [9.17, 15) is 20.1 Å². The number of phenolic OH excluding ortho intramolecular Hbond substituents is 3. The molecule has 2 aromatic carbocycles. The minimum atomic E-state index is -0.396. The molecule has 5 heteroatoms. The maximum atomic E-state index is 12.9. The van der Waals surface area contributed by atoms with Crippen molar-refractivity contribution in [2.45, 2.75) is 53.9 Å². The van der Waals surface area contributed by atoms with Gasteiger partial charge in [-0.15, -0.1) is 0 Å². The van der Waals surface area contributed by atoms with Crippen LogP contribution in [0.5, 0.6) is 17.2 Å². The van der Waals surface area contributed by atoms with Gasteiger partial charge in [0.05, 0.1) is 0 Å². The zero-order valence-electron chi connectivity index (χ0n) is 19.2. The topological polar surface area (TPSA) is 90.9 Å². The van der Waals surface area contributed by atoms with Crippen LogP contribution >= 0.6 is 0 Å². The van der Waals surface area contributed by atoms with Crippen molar-refractivity contribution in [3.8, 4) is 28.6 Å². The van der Waals surface area contributed by atoms with Crippen molar-refractivity contribution < 1.29 is 19.7 Å². The van der Waals surface area contributed by atoms with Gasteiger partial charge in [0.1, 0.15) is 34.0 Å². The minimum absolute atomic E-state index is 0.0457. The number of allylic oxidation sites excluding steroid dienone is 4. The molecule has 1 heterocycles. The zero-order valence-corrected chi connectivity index (χ0v) is 19.2. The number of hydrogen-bond donors (Lipinski definition) is 3. The number of fused-ring (bicyclic) bond motifs is 1. The maximum absolute atomic E-state index is 12.9. The summed E-state index contributed by atoms with van der Waals surface area (Å²) in [6.45, 7) is 9.67. The SMILES string of the molecule is CC(C)=CCC/C(C)=C/Cc1c(O)cc2oc(-c3cc(C)c(O)c(C)c3)cc(=O)c2c1O. The Kier molecular flexibility index (Phi) is 6.78. The van der Waals surface area contributed by atoms with Crippen LogP contribution in [0.2, 0.25) is 0 Å². The quantitative estimate of drug-likeness (QED) is 0.389. The van der Waals surface area contributed by atoms with Crippen molar-refractivity contribution in [3.05, 3.63) is 74.5 Å². The summed E-state index contributed by atoms with van der Waals surface area (Å²) in [5.41, 5.74) is 4.39. The molecule has 1 aromatic heterocycles. The Bertz CT molecular complexity index is 1260. The number of rotatable bonds is 6. The first-order valence-electron chi connectivity index (χ1n) is 10.7. The van der Waals surface area contributed by atoms with Gasteiger partial charge >= 0.3 is 0 Å². The molecule has 32 heavy (non-hydrogen) atoms. The molecule has 168 valence electrons. The summed E-state index contributed by atoms with van der Waals surface area (Å²) < 4.78 is 5.87. The predicted molar refractivity (Wildman–Crippen MR) is 129 cm³/mol. The molecule has 0 atom stereocenters. The second kappa shape index (κ2) is 9.35. The van der Waals surface area contributed by atoms with Crippen molar-refractivity contribution in [3.63, 3.8) is 0 Å². The predicted octanol–water partition coefficient (Wildman–Crippen LogP) is 6.43. The molecule has 0 amide bonds. The van der Waals surface area contributed by atoms with Gasteiger partial charge in [-0.05, 0) is 77.1 Å². The number of phenols is 3. The molecule has 0 unspecified atom stereocenters. The first kappa shape index (κ1) is 23.2. The van der Waals surface area contributed by atoms with E-state index in [2.05, 4.69) is 19.9 Å². The Balaban J connectivity index is 2.00. The fourth-order valence-corrected chi connectivity index (χ4v) is 3.74. The Morgan fingerprint density at radius 2 is 1.59 bits per heavy atom. The van der Waals surface area contributed by atoms with E-state index in [-0.39, 0.29) is 28.2 Å². The Labute approximate surface area is 188 Å².